The number of ether oxygens (including phenoxy) is 1. The number of hydrogen-bond donors (Lipinski definition) is 3. The van der Waals surface area contributed by atoms with E-state index in [2.05, 4.69) is 20.9 Å². The highest BCUT2D eigenvalue weighted by molar-refractivity contribution is 6.00. The third kappa shape index (κ3) is 5.04. The van der Waals surface area contributed by atoms with E-state index in [1.807, 2.05) is 0 Å². The van der Waals surface area contributed by atoms with Gasteiger partial charge in [0.05, 0.1) is 11.4 Å². The van der Waals surface area contributed by atoms with Gasteiger partial charge in [-0.05, 0) is 30.3 Å². The number of halogens is 3. The first-order chi connectivity index (χ1) is 14.4. The Labute approximate surface area is 168 Å². The van der Waals surface area contributed by atoms with Crippen LogP contribution in [-0.4, -0.2) is 24.0 Å². The smallest absolute Gasteiger partial charge is 0.323 e. The first kappa shape index (κ1) is 20.6. The van der Waals surface area contributed by atoms with Crippen LogP contribution in [0.5, 0.6) is 11.5 Å². The lowest BCUT2D eigenvalue weighted by Crippen LogP contribution is -2.21. The molecule has 0 atom stereocenters. The number of amides is 3. The van der Waals surface area contributed by atoms with Crippen molar-refractivity contribution in [1.82, 2.24) is 10.3 Å². The Bertz CT molecular complexity index is 1110. The molecule has 3 amide bonds. The summed E-state index contributed by atoms with van der Waals surface area (Å²) in [4.78, 5) is 27.5. The van der Waals surface area contributed by atoms with E-state index in [9.17, 15) is 22.8 Å². The second kappa shape index (κ2) is 8.95. The molecule has 0 saturated heterocycles. The molecular weight excluding hydrogens is 401 g/mol. The topological polar surface area (TPSA) is 92.4 Å². The molecule has 30 heavy (non-hydrogen) atoms. The molecule has 154 valence electrons. The summed E-state index contributed by atoms with van der Waals surface area (Å²) < 4.78 is 46.6. The van der Waals surface area contributed by atoms with E-state index in [-0.39, 0.29) is 22.9 Å². The number of rotatable bonds is 5. The molecule has 0 spiro atoms. The number of nitrogens with one attached hydrogen (secondary N) is 3. The molecular formula is C20H15F3N4O3. The summed E-state index contributed by atoms with van der Waals surface area (Å²) in [5, 5.41) is 6.71. The summed E-state index contributed by atoms with van der Waals surface area (Å²) in [7, 11) is 1.46. The van der Waals surface area contributed by atoms with E-state index >= 15 is 0 Å². The molecule has 0 aliphatic rings. The zero-order valence-electron chi connectivity index (χ0n) is 15.5. The lowest BCUT2D eigenvalue weighted by molar-refractivity contribution is 0.0957. The number of carbonyl (C=O) groups is 2. The highest BCUT2D eigenvalue weighted by atomic mass is 19.1. The largest absolute Gasteiger partial charge is 0.457 e. The summed E-state index contributed by atoms with van der Waals surface area (Å²) in [6, 6.07) is 8.07. The lowest BCUT2D eigenvalue weighted by atomic mass is 10.2. The molecule has 0 radical (unpaired) electrons. The summed E-state index contributed by atoms with van der Waals surface area (Å²) in [6.45, 7) is 0. The monoisotopic (exact) mass is 416 g/mol. The van der Waals surface area contributed by atoms with E-state index in [0.29, 0.717) is 0 Å². The van der Waals surface area contributed by atoms with Crippen molar-refractivity contribution in [1.29, 1.82) is 0 Å². The SMILES string of the molecule is CNC(=O)c1cc(Oc2ccc(NC(=O)Nc3cc(F)ccc3F)c(F)c2)ccn1. The van der Waals surface area contributed by atoms with E-state index in [1.165, 1.54) is 37.5 Å². The number of pyridine rings is 1. The first-order valence-electron chi connectivity index (χ1n) is 8.54. The quantitative estimate of drug-likeness (QED) is 0.579. The standard InChI is InChI=1S/C20H15F3N4O3/c1-24-19(28)18-10-13(6-7-25-18)30-12-3-5-16(15(23)9-12)26-20(29)27-17-8-11(21)2-4-14(17)22/h2-10H,1H3,(H,24,28)(H2,26,27,29). The van der Waals surface area contributed by atoms with Gasteiger partial charge < -0.3 is 20.7 Å². The maximum Gasteiger partial charge on any atom is 0.323 e. The number of benzene rings is 2. The molecule has 0 bridgehead atoms. The predicted molar refractivity (Wildman–Crippen MR) is 103 cm³/mol. The maximum atomic E-state index is 14.3. The highest BCUT2D eigenvalue weighted by Gasteiger charge is 2.12. The van der Waals surface area contributed by atoms with Crippen LogP contribution in [0.2, 0.25) is 0 Å². The fraction of sp³-hybridized carbons (Fsp3) is 0.0500. The van der Waals surface area contributed by atoms with Crippen molar-refractivity contribution in [3.63, 3.8) is 0 Å². The van der Waals surface area contributed by atoms with E-state index in [0.717, 1.165) is 24.3 Å². The minimum atomic E-state index is -0.962. The van der Waals surface area contributed by atoms with Crippen molar-refractivity contribution in [2.45, 2.75) is 0 Å². The summed E-state index contributed by atoms with van der Waals surface area (Å²) in [5.74, 6) is -2.47. The van der Waals surface area contributed by atoms with Gasteiger partial charge in [-0.15, -0.1) is 0 Å². The molecule has 10 heteroatoms. The van der Waals surface area contributed by atoms with Crippen LogP contribution in [-0.2, 0) is 0 Å². The van der Waals surface area contributed by atoms with Crippen molar-refractivity contribution in [2.24, 2.45) is 0 Å². The molecule has 7 nitrogen and oxygen atoms in total. The Morgan fingerprint density at radius 1 is 0.867 bits per heavy atom. The summed E-state index contributed by atoms with van der Waals surface area (Å²) in [5.41, 5.74) is -0.482. The van der Waals surface area contributed by atoms with Crippen LogP contribution in [0.25, 0.3) is 0 Å². The Morgan fingerprint density at radius 2 is 1.60 bits per heavy atom. The fourth-order valence-corrected chi connectivity index (χ4v) is 2.39. The molecule has 3 N–H and O–H groups in total. The number of nitrogens with zero attached hydrogens (tertiary/aromatic N) is 1. The van der Waals surface area contributed by atoms with Crippen molar-refractivity contribution < 1.29 is 27.5 Å². The van der Waals surface area contributed by atoms with Gasteiger partial charge in [0.15, 0.2) is 0 Å². The first-order valence-corrected chi connectivity index (χ1v) is 8.54. The van der Waals surface area contributed by atoms with E-state index < -0.39 is 35.1 Å². The van der Waals surface area contributed by atoms with Gasteiger partial charge in [-0.1, -0.05) is 0 Å². The third-order valence-corrected chi connectivity index (χ3v) is 3.79. The van der Waals surface area contributed by atoms with Gasteiger partial charge in [0, 0.05) is 31.4 Å². The van der Waals surface area contributed by atoms with Crippen molar-refractivity contribution in [2.75, 3.05) is 17.7 Å². The molecule has 0 aliphatic heterocycles. The van der Waals surface area contributed by atoms with Crippen LogP contribution >= 0.6 is 0 Å². The second-order valence-electron chi connectivity index (χ2n) is 5.90. The number of aromatic nitrogens is 1. The predicted octanol–water partition coefficient (Wildman–Crippen LogP) is 4.29. The van der Waals surface area contributed by atoms with Gasteiger partial charge in [-0.25, -0.2) is 18.0 Å². The van der Waals surface area contributed by atoms with Crippen molar-refractivity contribution in [3.8, 4) is 11.5 Å². The van der Waals surface area contributed by atoms with Crippen LogP contribution in [0.1, 0.15) is 10.5 Å². The van der Waals surface area contributed by atoms with Crippen LogP contribution in [0.15, 0.2) is 54.7 Å². The Hall–Kier alpha value is -4.08. The summed E-state index contributed by atoms with van der Waals surface area (Å²) in [6.07, 6.45) is 1.36. The number of hydrogen-bond acceptors (Lipinski definition) is 4. The fourth-order valence-electron chi connectivity index (χ4n) is 2.39. The third-order valence-electron chi connectivity index (χ3n) is 3.79. The second-order valence-corrected chi connectivity index (χ2v) is 5.90. The van der Waals surface area contributed by atoms with Crippen LogP contribution in [0, 0.1) is 17.5 Å². The molecule has 0 unspecified atom stereocenters. The van der Waals surface area contributed by atoms with Gasteiger partial charge in [0.1, 0.15) is 34.6 Å². The van der Waals surface area contributed by atoms with Gasteiger partial charge in [-0.3, -0.25) is 9.78 Å². The molecule has 3 rings (SSSR count). The molecule has 0 fully saturated rings. The number of anilines is 2. The van der Waals surface area contributed by atoms with Crippen molar-refractivity contribution in [3.05, 3.63) is 77.9 Å². The average molecular weight is 416 g/mol. The normalized spacial score (nSPS) is 10.3. The molecule has 2 aromatic carbocycles. The Balaban J connectivity index is 1.69. The number of urea groups is 1. The maximum absolute atomic E-state index is 14.3. The summed E-state index contributed by atoms with van der Waals surface area (Å²) >= 11 is 0. The highest BCUT2D eigenvalue weighted by Crippen LogP contribution is 2.26. The molecule has 0 saturated carbocycles. The van der Waals surface area contributed by atoms with Gasteiger partial charge in [0.2, 0.25) is 0 Å². The molecule has 1 heterocycles. The van der Waals surface area contributed by atoms with Crippen molar-refractivity contribution >= 4 is 23.3 Å². The van der Waals surface area contributed by atoms with Gasteiger partial charge in [-0.2, -0.15) is 0 Å². The Morgan fingerprint density at radius 3 is 2.33 bits per heavy atom. The van der Waals surface area contributed by atoms with Crippen LogP contribution in [0.3, 0.4) is 0 Å². The minimum Gasteiger partial charge on any atom is -0.457 e. The zero-order chi connectivity index (χ0) is 21.7. The Kier molecular flexibility index (Phi) is 6.16. The average Bonchev–Trinajstić information content (AvgIpc) is 2.72. The molecule has 0 aliphatic carbocycles. The molecule has 3 aromatic rings. The number of carbonyl (C=O) groups excluding carboxylic acids is 2. The van der Waals surface area contributed by atoms with Gasteiger partial charge >= 0.3 is 6.03 Å². The minimum absolute atomic E-state index is 0.101. The molecule has 1 aromatic heterocycles. The lowest BCUT2D eigenvalue weighted by Gasteiger charge is -2.11. The van der Waals surface area contributed by atoms with Gasteiger partial charge in [0.25, 0.3) is 5.91 Å². The zero-order valence-corrected chi connectivity index (χ0v) is 15.5. The van der Waals surface area contributed by atoms with E-state index in [4.69, 9.17) is 4.74 Å². The van der Waals surface area contributed by atoms with E-state index in [1.54, 1.807) is 0 Å². The van der Waals surface area contributed by atoms with Crippen LogP contribution in [0.4, 0.5) is 29.3 Å². The van der Waals surface area contributed by atoms with Crippen LogP contribution < -0.4 is 20.7 Å².